The molecule has 5 nitrogen and oxygen atoms in total. The Morgan fingerprint density at radius 1 is 1.10 bits per heavy atom. The Morgan fingerprint density at radius 2 is 1.84 bits per heavy atom. The number of fused-ring (bicyclic) bond motifs is 1. The molecule has 3 aromatic carbocycles. The molecule has 0 fully saturated rings. The van der Waals surface area contributed by atoms with Crippen LogP contribution < -0.4 is 4.74 Å². The van der Waals surface area contributed by atoms with E-state index >= 15 is 0 Å². The molecule has 0 radical (unpaired) electrons. The summed E-state index contributed by atoms with van der Waals surface area (Å²) in [6.07, 6.45) is -0.735. The van der Waals surface area contributed by atoms with Crippen LogP contribution in [0.1, 0.15) is 18.4 Å². The topological polar surface area (TPSA) is 55.6 Å². The standard InChI is InChI=1S/C24H20ClFN2O3/c1-16(30-20-5-3-2-4-6-20)24(29)28(14-17-7-10-19(26)11-8-17)15-23-27-21-13-18(25)9-12-22(21)31-23/h2-13,16H,14-15H2,1H3/t16-/m1/s1. The molecule has 158 valence electrons. The van der Waals surface area contributed by atoms with Gasteiger partial charge in [0, 0.05) is 11.6 Å². The predicted molar refractivity (Wildman–Crippen MR) is 116 cm³/mol. The number of oxazole rings is 1. The van der Waals surface area contributed by atoms with Crippen LogP contribution in [-0.4, -0.2) is 21.9 Å². The molecule has 1 aromatic heterocycles. The Bertz CT molecular complexity index is 1180. The van der Waals surface area contributed by atoms with Crippen molar-refractivity contribution in [1.29, 1.82) is 0 Å². The summed E-state index contributed by atoms with van der Waals surface area (Å²) in [6.45, 7) is 2.07. The lowest BCUT2D eigenvalue weighted by molar-refractivity contribution is -0.139. The first-order valence-electron chi connectivity index (χ1n) is 9.78. The van der Waals surface area contributed by atoms with Crippen molar-refractivity contribution >= 4 is 28.6 Å². The zero-order valence-electron chi connectivity index (χ0n) is 16.8. The summed E-state index contributed by atoms with van der Waals surface area (Å²) in [5.41, 5.74) is 1.98. The van der Waals surface area contributed by atoms with Gasteiger partial charge >= 0.3 is 0 Å². The number of halogens is 2. The third kappa shape index (κ3) is 5.22. The Labute approximate surface area is 184 Å². The molecule has 0 aliphatic heterocycles. The molecule has 0 aliphatic rings. The Balaban J connectivity index is 1.57. The molecule has 4 rings (SSSR count). The maximum absolute atomic E-state index is 13.3. The molecule has 1 amide bonds. The predicted octanol–water partition coefficient (Wildman–Crippen LogP) is 5.62. The van der Waals surface area contributed by atoms with Crippen LogP contribution >= 0.6 is 11.6 Å². The molecule has 0 unspecified atom stereocenters. The van der Waals surface area contributed by atoms with Crippen molar-refractivity contribution in [2.45, 2.75) is 26.1 Å². The summed E-state index contributed by atoms with van der Waals surface area (Å²) in [7, 11) is 0. The van der Waals surface area contributed by atoms with Gasteiger partial charge in [-0.1, -0.05) is 41.9 Å². The van der Waals surface area contributed by atoms with Gasteiger partial charge in [0.2, 0.25) is 5.89 Å². The highest BCUT2D eigenvalue weighted by Gasteiger charge is 2.24. The highest BCUT2D eigenvalue weighted by molar-refractivity contribution is 6.31. The molecule has 31 heavy (non-hydrogen) atoms. The minimum atomic E-state index is -0.735. The maximum atomic E-state index is 13.3. The molecular formula is C24H20ClFN2O3. The molecule has 1 heterocycles. The van der Waals surface area contributed by atoms with Gasteiger partial charge in [0.1, 0.15) is 17.1 Å². The number of carbonyl (C=O) groups excluding carboxylic acids is 1. The van der Waals surface area contributed by atoms with Crippen LogP contribution in [0.2, 0.25) is 5.02 Å². The zero-order chi connectivity index (χ0) is 21.8. The number of hydrogen-bond donors (Lipinski definition) is 0. The quantitative estimate of drug-likeness (QED) is 0.376. The Kier molecular flexibility index (Phi) is 6.18. The van der Waals surface area contributed by atoms with Crippen LogP contribution in [0.5, 0.6) is 5.75 Å². The second-order valence-electron chi connectivity index (χ2n) is 7.11. The Morgan fingerprint density at radius 3 is 2.58 bits per heavy atom. The third-order valence-electron chi connectivity index (χ3n) is 4.72. The van der Waals surface area contributed by atoms with E-state index < -0.39 is 6.10 Å². The van der Waals surface area contributed by atoms with E-state index in [1.807, 2.05) is 18.2 Å². The molecular weight excluding hydrogens is 419 g/mol. The lowest BCUT2D eigenvalue weighted by Gasteiger charge is -2.25. The van der Waals surface area contributed by atoms with Crippen LogP contribution in [0.3, 0.4) is 0 Å². The number of amides is 1. The van der Waals surface area contributed by atoms with Crippen LogP contribution in [0.4, 0.5) is 4.39 Å². The second kappa shape index (κ2) is 9.18. The zero-order valence-corrected chi connectivity index (χ0v) is 17.6. The van der Waals surface area contributed by atoms with Crippen LogP contribution in [0.25, 0.3) is 11.1 Å². The molecule has 0 N–H and O–H groups in total. The van der Waals surface area contributed by atoms with Crippen molar-refractivity contribution in [2.75, 3.05) is 0 Å². The maximum Gasteiger partial charge on any atom is 0.264 e. The number of nitrogens with zero attached hydrogens (tertiary/aromatic N) is 2. The van der Waals surface area contributed by atoms with Crippen molar-refractivity contribution in [2.24, 2.45) is 0 Å². The molecule has 7 heteroatoms. The first-order chi connectivity index (χ1) is 15.0. The van der Waals surface area contributed by atoms with Crippen LogP contribution in [0.15, 0.2) is 77.2 Å². The summed E-state index contributed by atoms with van der Waals surface area (Å²) in [5, 5.41) is 0.552. The number of benzene rings is 3. The van der Waals surface area contributed by atoms with E-state index in [0.29, 0.717) is 27.8 Å². The fourth-order valence-electron chi connectivity index (χ4n) is 3.21. The van der Waals surface area contributed by atoms with Gasteiger partial charge in [-0.05, 0) is 55.0 Å². The highest BCUT2D eigenvalue weighted by atomic mass is 35.5. The molecule has 4 aromatic rings. The summed E-state index contributed by atoms with van der Waals surface area (Å²) in [5.74, 6) is 0.396. The molecule has 0 aliphatic carbocycles. The van der Waals surface area contributed by atoms with E-state index in [0.717, 1.165) is 5.56 Å². The normalized spacial score (nSPS) is 12.0. The van der Waals surface area contributed by atoms with E-state index in [2.05, 4.69) is 4.98 Å². The highest BCUT2D eigenvalue weighted by Crippen LogP contribution is 2.22. The van der Waals surface area contributed by atoms with E-state index in [4.69, 9.17) is 20.8 Å². The first-order valence-corrected chi connectivity index (χ1v) is 10.2. The summed E-state index contributed by atoms with van der Waals surface area (Å²) >= 11 is 6.03. The van der Waals surface area contributed by atoms with Gasteiger partial charge in [0.05, 0.1) is 6.54 Å². The smallest absolute Gasteiger partial charge is 0.264 e. The largest absolute Gasteiger partial charge is 0.481 e. The molecule has 1 atom stereocenters. The monoisotopic (exact) mass is 438 g/mol. The summed E-state index contributed by atoms with van der Waals surface area (Å²) in [4.78, 5) is 19.3. The number of carbonyl (C=O) groups is 1. The molecule has 0 saturated carbocycles. The fraction of sp³-hybridized carbons (Fsp3) is 0.167. The van der Waals surface area contributed by atoms with Gasteiger partial charge in [0.15, 0.2) is 11.7 Å². The van der Waals surface area contributed by atoms with Gasteiger partial charge in [-0.3, -0.25) is 4.79 Å². The Hall–Kier alpha value is -3.38. The van der Waals surface area contributed by atoms with E-state index in [1.54, 1.807) is 54.3 Å². The number of ether oxygens (including phenoxy) is 1. The second-order valence-corrected chi connectivity index (χ2v) is 7.55. The van der Waals surface area contributed by atoms with E-state index in [9.17, 15) is 9.18 Å². The van der Waals surface area contributed by atoms with Gasteiger partial charge < -0.3 is 14.1 Å². The van der Waals surface area contributed by atoms with Gasteiger partial charge in [-0.25, -0.2) is 9.37 Å². The molecule has 0 spiro atoms. The first kappa shape index (κ1) is 20.9. The third-order valence-corrected chi connectivity index (χ3v) is 4.96. The number of hydrogen-bond acceptors (Lipinski definition) is 4. The van der Waals surface area contributed by atoms with Crippen molar-refractivity contribution in [3.8, 4) is 5.75 Å². The minimum absolute atomic E-state index is 0.130. The van der Waals surface area contributed by atoms with Gasteiger partial charge in [0.25, 0.3) is 5.91 Å². The minimum Gasteiger partial charge on any atom is -0.481 e. The number of rotatable bonds is 7. The number of para-hydroxylation sites is 1. The van der Waals surface area contributed by atoms with Gasteiger partial charge in [-0.15, -0.1) is 0 Å². The van der Waals surface area contributed by atoms with Crippen LogP contribution in [0, 0.1) is 5.82 Å². The average molecular weight is 439 g/mol. The van der Waals surface area contributed by atoms with Crippen molar-refractivity contribution < 1.29 is 18.3 Å². The SMILES string of the molecule is C[C@@H](Oc1ccccc1)C(=O)N(Cc1ccc(F)cc1)Cc1nc2cc(Cl)ccc2o1. The average Bonchev–Trinajstić information content (AvgIpc) is 3.16. The fourth-order valence-corrected chi connectivity index (χ4v) is 3.38. The van der Waals surface area contributed by atoms with E-state index in [-0.39, 0.29) is 24.8 Å². The van der Waals surface area contributed by atoms with Gasteiger partial charge in [-0.2, -0.15) is 0 Å². The lowest BCUT2D eigenvalue weighted by atomic mass is 10.2. The molecule has 0 saturated heterocycles. The van der Waals surface area contributed by atoms with E-state index in [1.165, 1.54) is 12.1 Å². The molecule has 0 bridgehead atoms. The van der Waals surface area contributed by atoms with Crippen molar-refractivity contribution in [3.63, 3.8) is 0 Å². The van der Waals surface area contributed by atoms with Crippen molar-refractivity contribution in [3.05, 3.63) is 95.1 Å². The number of aromatic nitrogens is 1. The van der Waals surface area contributed by atoms with Crippen molar-refractivity contribution in [1.82, 2.24) is 9.88 Å². The summed E-state index contributed by atoms with van der Waals surface area (Å²) < 4.78 is 24.9. The summed E-state index contributed by atoms with van der Waals surface area (Å²) in [6, 6.07) is 20.3. The lowest BCUT2D eigenvalue weighted by Crippen LogP contribution is -2.39. The van der Waals surface area contributed by atoms with Crippen LogP contribution in [-0.2, 0) is 17.9 Å².